The fraction of sp³-hybridized carbons (Fsp3) is 0.438. The highest BCUT2D eigenvalue weighted by Gasteiger charge is 2.27. The lowest BCUT2D eigenvalue weighted by Gasteiger charge is -2.22. The molecule has 0 saturated heterocycles. The smallest absolute Gasteiger partial charge is 0.231 e. The molecule has 1 N–H and O–H groups in total. The van der Waals surface area contributed by atoms with Gasteiger partial charge in [-0.3, -0.25) is 0 Å². The van der Waals surface area contributed by atoms with Crippen molar-refractivity contribution in [3.63, 3.8) is 0 Å². The van der Waals surface area contributed by atoms with Gasteiger partial charge in [0.2, 0.25) is 6.79 Å². The summed E-state index contributed by atoms with van der Waals surface area (Å²) >= 11 is 0. The van der Waals surface area contributed by atoms with Gasteiger partial charge in [0, 0.05) is 31.0 Å². The molecule has 5 nitrogen and oxygen atoms in total. The molecule has 1 aliphatic carbocycles. The molecule has 1 fully saturated rings. The van der Waals surface area contributed by atoms with Gasteiger partial charge in [-0.25, -0.2) is 4.98 Å². The monoisotopic (exact) mass is 285 g/mol. The maximum Gasteiger partial charge on any atom is 0.231 e. The van der Waals surface area contributed by atoms with E-state index in [9.17, 15) is 0 Å². The van der Waals surface area contributed by atoms with Crippen LogP contribution in [0.3, 0.4) is 0 Å². The van der Waals surface area contributed by atoms with Gasteiger partial charge in [0.15, 0.2) is 11.5 Å². The van der Waals surface area contributed by atoms with E-state index in [-0.39, 0.29) is 0 Å². The summed E-state index contributed by atoms with van der Waals surface area (Å²) < 4.78 is 13.0. The molecule has 5 heteroatoms. The van der Waals surface area contributed by atoms with Gasteiger partial charge in [-0.05, 0) is 37.0 Å². The summed E-state index contributed by atoms with van der Waals surface area (Å²) in [5.74, 6) is 1.70. The molecule has 110 valence electrons. The van der Waals surface area contributed by atoms with Crippen LogP contribution in [0.15, 0.2) is 36.9 Å². The Balaban J connectivity index is 1.42. The molecule has 2 unspecified atom stereocenters. The third kappa shape index (κ3) is 2.49. The SMILES string of the molecule is c1cn(C2CCCC2NCc2ccc3c(c2)OCO3)cn1. The molecule has 0 amide bonds. The van der Waals surface area contributed by atoms with Gasteiger partial charge in [-0.1, -0.05) is 6.07 Å². The summed E-state index contributed by atoms with van der Waals surface area (Å²) in [6, 6.07) is 7.17. The summed E-state index contributed by atoms with van der Waals surface area (Å²) in [6.07, 6.45) is 9.54. The second-order valence-corrected chi connectivity index (χ2v) is 5.68. The molecule has 1 aliphatic heterocycles. The molecule has 4 rings (SSSR count). The fourth-order valence-electron chi connectivity index (χ4n) is 3.30. The van der Waals surface area contributed by atoms with Gasteiger partial charge >= 0.3 is 0 Å². The minimum atomic E-state index is 0.331. The number of hydrogen-bond acceptors (Lipinski definition) is 4. The van der Waals surface area contributed by atoms with Crippen LogP contribution >= 0.6 is 0 Å². The minimum Gasteiger partial charge on any atom is -0.454 e. The molecular weight excluding hydrogens is 266 g/mol. The number of benzene rings is 1. The van der Waals surface area contributed by atoms with Gasteiger partial charge in [0.05, 0.1) is 6.33 Å². The van der Waals surface area contributed by atoms with E-state index in [0.717, 1.165) is 18.0 Å². The van der Waals surface area contributed by atoms with Gasteiger partial charge in [0.25, 0.3) is 0 Å². The van der Waals surface area contributed by atoms with Crippen LogP contribution in [0.25, 0.3) is 0 Å². The molecule has 2 aromatic rings. The average Bonchev–Trinajstić information content (AvgIpc) is 3.24. The van der Waals surface area contributed by atoms with E-state index < -0.39 is 0 Å². The van der Waals surface area contributed by atoms with Gasteiger partial charge in [-0.15, -0.1) is 0 Å². The first-order valence-corrected chi connectivity index (χ1v) is 7.49. The van der Waals surface area contributed by atoms with Gasteiger partial charge < -0.3 is 19.4 Å². The van der Waals surface area contributed by atoms with Crippen molar-refractivity contribution in [2.24, 2.45) is 0 Å². The maximum atomic E-state index is 5.43. The molecule has 0 bridgehead atoms. The molecule has 1 saturated carbocycles. The Kier molecular flexibility index (Phi) is 3.27. The van der Waals surface area contributed by atoms with Gasteiger partial charge in [0.1, 0.15) is 0 Å². The molecule has 2 heterocycles. The molecule has 1 aromatic carbocycles. The van der Waals surface area contributed by atoms with Crippen LogP contribution in [-0.4, -0.2) is 22.4 Å². The van der Waals surface area contributed by atoms with Crippen LogP contribution in [0.1, 0.15) is 30.9 Å². The van der Waals surface area contributed by atoms with Crippen molar-refractivity contribution in [3.05, 3.63) is 42.5 Å². The Morgan fingerprint density at radius 2 is 2.19 bits per heavy atom. The lowest BCUT2D eigenvalue weighted by molar-refractivity contribution is 0.174. The van der Waals surface area contributed by atoms with Crippen molar-refractivity contribution in [3.8, 4) is 11.5 Å². The summed E-state index contributed by atoms with van der Waals surface area (Å²) in [5.41, 5.74) is 1.23. The molecule has 1 aromatic heterocycles. The van der Waals surface area contributed by atoms with E-state index in [1.54, 1.807) is 0 Å². The number of nitrogens with zero attached hydrogens (tertiary/aromatic N) is 2. The van der Waals surface area contributed by atoms with Crippen molar-refractivity contribution < 1.29 is 9.47 Å². The maximum absolute atomic E-state index is 5.43. The zero-order valence-corrected chi connectivity index (χ0v) is 11.9. The van der Waals surface area contributed by atoms with Crippen LogP contribution in [0.5, 0.6) is 11.5 Å². The van der Waals surface area contributed by atoms with Crippen molar-refractivity contribution >= 4 is 0 Å². The second-order valence-electron chi connectivity index (χ2n) is 5.68. The Morgan fingerprint density at radius 3 is 3.10 bits per heavy atom. The fourth-order valence-corrected chi connectivity index (χ4v) is 3.30. The molecule has 2 atom stereocenters. The third-order valence-corrected chi connectivity index (χ3v) is 4.39. The lowest BCUT2D eigenvalue weighted by atomic mass is 10.1. The number of fused-ring (bicyclic) bond motifs is 1. The Labute approximate surface area is 123 Å². The standard InChI is InChI=1S/C16H19N3O2/c1-2-13(14(3-1)19-7-6-17-10-19)18-9-12-4-5-15-16(8-12)21-11-20-15/h4-8,10,13-14,18H,1-3,9,11H2. The van der Waals surface area contributed by atoms with E-state index in [0.29, 0.717) is 18.9 Å². The van der Waals surface area contributed by atoms with Gasteiger partial charge in [-0.2, -0.15) is 0 Å². The highest BCUT2D eigenvalue weighted by molar-refractivity contribution is 5.44. The first kappa shape index (κ1) is 12.7. The predicted octanol–water partition coefficient (Wildman–Crippen LogP) is 2.50. The number of rotatable bonds is 4. The number of imidazole rings is 1. The zero-order chi connectivity index (χ0) is 14.1. The van der Waals surface area contributed by atoms with E-state index in [1.165, 1.54) is 24.8 Å². The van der Waals surface area contributed by atoms with E-state index >= 15 is 0 Å². The quantitative estimate of drug-likeness (QED) is 0.937. The molecule has 0 spiro atoms. The highest BCUT2D eigenvalue weighted by Crippen LogP contribution is 2.33. The molecule has 2 aliphatic rings. The zero-order valence-electron chi connectivity index (χ0n) is 11.9. The van der Waals surface area contributed by atoms with Crippen LogP contribution in [0.2, 0.25) is 0 Å². The normalized spacial score (nSPS) is 23.6. The number of nitrogens with one attached hydrogen (secondary N) is 1. The van der Waals surface area contributed by atoms with Crippen molar-refractivity contribution in [1.29, 1.82) is 0 Å². The number of aromatic nitrogens is 2. The summed E-state index contributed by atoms with van der Waals surface area (Å²) in [7, 11) is 0. The minimum absolute atomic E-state index is 0.331. The first-order valence-electron chi connectivity index (χ1n) is 7.49. The van der Waals surface area contributed by atoms with E-state index in [2.05, 4.69) is 33.2 Å². The van der Waals surface area contributed by atoms with Crippen molar-refractivity contribution in [2.45, 2.75) is 37.9 Å². The second kappa shape index (κ2) is 5.41. The van der Waals surface area contributed by atoms with Crippen LogP contribution in [-0.2, 0) is 6.54 Å². The number of ether oxygens (including phenoxy) is 2. The first-order chi connectivity index (χ1) is 10.4. The summed E-state index contributed by atoms with van der Waals surface area (Å²) in [6.45, 7) is 1.18. The lowest BCUT2D eigenvalue weighted by Crippen LogP contribution is -2.33. The molecule has 21 heavy (non-hydrogen) atoms. The van der Waals surface area contributed by atoms with Crippen LogP contribution < -0.4 is 14.8 Å². The Morgan fingerprint density at radius 1 is 1.24 bits per heavy atom. The van der Waals surface area contributed by atoms with E-state index in [4.69, 9.17) is 9.47 Å². The Bertz CT molecular complexity index is 612. The van der Waals surface area contributed by atoms with Crippen molar-refractivity contribution in [1.82, 2.24) is 14.9 Å². The highest BCUT2D eigenvalue weighted by atomic mass is 16.7. The summed E-state index contributed by atoms with van der Waals surface area (Å²) in [4.78, 5) is 4.16. The molecular formula is C16H19N3O2. The Hall–Kier alpha value is -2.01. The predicted molar refractivity (Wildman–Crippen MR) is 78.3 cm³/mol. The third-order valence-electron chi connectivity index (χ3n) is 4.39. The van der Waals surface area contributed by atoms with E-state index in [1.807, 2.05) is 18.6 Å². The summed E-state index contributed by atoms with van der Waals surface area (Å²) in [5, 5.41) is 3.68. The van der Waals surface area contributed by atoms with Crippen LogP contribution in [0, 0.1) is 0 Å². The van der Waals surface area contributed by atoms with Crippen molar-refractivity contribution in [2.75, 3.05) is 6.79 Å². The topological polar surface area (TPSA) is 48.3 Å². The average molecular weight is 285 g/mol. The molecule has 0 radical (unpaired) electrons. The largest absolute Gasteiger partial charge is 0.454 e. The number of hydrogen-bond donors (Lipinski definition) is 1. The van der Waals surface area contributed by atoms with Crippen LogP contribution in [0.4, 0.5) is 0 Å².